The van der Waals surface area contributed by atoms with Crippen molar-refractivity contribution < 1.29 is 13.2 Å². The smallest absolute Gasteiger partial charge is 0.359 e. The summed E-state index contributed by atoms with van der Waals surface area (Å²) in [5, 5.41) is 9.38. The zero-order valence-electron chi connectivity index (χ0n) is 11.7. The fourth-order valence-electron chi connectivity index (χ4n) is 2.01. The Morgan fingerprint density at radius 1 is 1.36 bits per heavy atom. The van der Waals surface area contributed by atoms with Crippen LogP contribution >= 0.6 is 11.3 Å². The van der Waals surface area contributed by atoms with Crippen molar-refractivity contribution in [1.29, 1.82) is 0 Å². The molecule has 116 valence electrons. The number of hydrogen-bond acceptors (Lipinski definition) is 5. The van der Waals surface area contributed by atoms with Crippen molar-refractivity contribution in [2.24, 2.45) is 0 Å². The van der Waals surface area contributed by atoms with E-state index in [1.165, 1.54) is 23.7 Å². The lowest BCUT2D eigenvalue weighted by atomic mass is 10.3. The zero-order valence-corrected chi connectivity index (χ0v) is 12.5. The lowest BCUT2D eigenvalue weighted by Gasteiger charge is -2.12. The molecule has 0 amide bonds. The van der Waals surface area contributed by atoms with Crippen molar-refractivity contribution in [3.05, 3.63) is 40.2 Å². The molecular formula is C13H12F3N5S. The van der Waals surface area contributed by atoms with Gasteiger partial charge in [0.25, 0.3) is 0 Å². The Balaban J connectivity index is 1.95. The Morgan fingerprint density at radius 3 is 2.77 bits per heavy atom. The summed E-state index contributed by atoms with van der Waals surface area (Å²) in [7, 11) is 0. The molecule has 0 aliphatic heterocycles. The predicted molar refractivity (Wildman–Crippen MR) is 76.9 cm³/mol. The van der Waals surface area contributed by atoms with E-state index in [4.69, 9.17) is 0 Å². The first-order valence-corrected chi connectivity index (χ1v) is 7.32. The third-order valence-corrected chi connectivity index (χ3v) is 4.19. The number of alkyl halides is 3. The van der Waals surface area contributed by atoms with Gasteiger partial charge in [-0.15, -0.1) is 11.3 Å². The maximum Gasteiger partial charge on any atom is 0.435 e. The van der Waals surface area contributed by atoms with Gasteiger partial charge in [0.15, 0.2) is 11.5 Å². The summed E-state index contributed by atoms with van der Waals surface area (Å²) in [5.74, 6) is 0.339. The van der Waals surface area contributed by atoms with Gasteiger partial charge in [-0.25, -0.2) is 14.5 Å². The first-order chi connectivity index (χ1) is 10.3. The van der Waals surface area contributed by atoms with Crippen molar-refractivity contribution in [1.82, 2.24) is 19.6 Å². The molecule has 0 saturated carbocycles. The number of nitrogens with one attached hydrogen (secondary N) is 1. The molecule has 0 radical (unpaired) electrons. The number of rotatable bonds is 3. The average molecular weight is 327 g/mol. The summed E-state index contributed by atoms with van der Waals surface area (Å²) in [4.78, 5) is 8.47. The van der Waals surface area contributed by atoms with E-state index in [1.54, 1.807) is 0 Å². The highest BCUT2D eigenvalue weighted by Gasteiger charge is 2.34. The Labute approximate surface area is 127 Å². The average Bonchev–Trinajstić information content (AvgIpc) is 3.04. The predicted octanol–water partition coefficient (Wildman–Crippen LogP) is 3.69. The molecule has 0 bridgehead atoms. The molecule has 1 N–H and O–H groups in total. The number of nitrogens with zero attached hydrogens (tertiary/aromatic N) is 4. The minimum atomic E-state index is -4.48. The molecule has 1 atom stereocenters. The van der Waals surface area contributed by atoms with E-state index in [0.717, 1.165) is 21.3 Å². The Kier molecular flexibility index (Phi) is 3.51. The van der Waals surface area contributed by atoms with E-state index in [0.29, 0.717) is 5.82 Å². The summed E-state index contributed by atoms with van der Waals surface area (Å²) in [6.07, 6.45) is -1.70. The Morgan fingerprint density at radius 2 is 2.14 bits per heavy atom. The number of thiazole rings is 1. The van der Waals surface area contributed by atoms with Gasteiger partial charge in [0, 0.05) is 29.5 Å². The van der Waals surface area contributed by atoms with Gasteiger partial charge in [-0.05, 0) is 13.8 Å². The highest BCUT2D eigenvalue weighted by molar-refractivity contribution is 7.09. The quantitative estimate of drug-likeness (QED) is 0.797. The summed E-state index contributed by atoms with van der Waals surface area (Å²) in [6.45, 7) is 3.77. The molecule has 0 fully saturated rings. The van der Waals surface area contributed by atoms with Crippen LogP contribution in [0.3, 0.4) is 0 Å². The monoisotopic (exact) mass is 327 g/mol. The van der Waals surface area contributed by atoms with Crippen molar-refractivity contribution in [3.8, 4) is 0 Å². The van der Waals surface area contributed by atoms with Gasteiger partial charge in [-0.2, -0.15) is 18.3 Å². The molecule has 22 heavy (non-hydrogen) atoms. The second kappa shape index (κ2) is 5.24. The summed E-state index contributed by atoms with van der Waals surface area (Å²) < 4.78 is 39.5. The highest BCUT2D eigenvalue weighted by Crippen LogP contribution is 2.31. The molecule has 0 aliphatic carbocycles. The summed E-state index contributed by atoms with van der Waals surface area (Å²) >= 11 is 1.49. The third kappa shape index (κ3) is 2.76. The molecule has 3 heterocycles. The molecule has 0 saturated heterocycles. The van der Waals surface area contributed by atoms with E-state index in [9.17, 15) is 13.2 Å². The van der Waals surface area contributed by atoms with Gasteiger partial charge in [0.1, 0.15) is 10.5 Å². The van der Waals surface area contributed by atoms with Gasteiger partial charge < -0.3 is 5.32 Å². The SMILES string of the molecule is Cc1csc(C(C)Nc2nccn3nc(C(F)(F)F)cc23)n1. The van der Waals surface area contributed by atoms with Crippen LogP contribution in [0.1, 0.15) is 29.4 Å². The number of fused-ring (bicyclic) bond motifs is 1. The second-order valence-corrected chi connectivity index (χ2v) is 5.72. The fourth-order valence-corrected chi connectivity index (χ4v) is 2.81. The van der Waals surface area contributed by atoms with Gasteiger partial charge in [0.2, 0.25) is 0 Å². The van der Waals surface area contributed by atoms with Crippen LogP contribution in [-0.2, 0) is 6.18 Å². The van der Waals surface area contributed by atoms with Gasteiger partial charge in [-0.1, -0.05) is 0 Å². The van der Waals surface area contributed by atoms with E-state index < -0.39 is 11.9 Å². The normalized spacial score (nSPS) is 13.5. The molecule has 0 aliphatic rings. The zero-order chi connectivity index (χ0) is 15.9. The van der Waals surface area contributed by atoms with Crippen LogP contribution in [0.25, 0.3) is 5.52 Å². The van der Waals surface area contributed by atoms with Crippen molar-refractivity contribution in [2.45, 2.75) is 26.1 Å². The Bertz CT molecular complexity index is 807. The standard InChI is InChI=1S/C13H12F3N5S/c1-7-6-22-12(18-7)8(2)19-11-9-5-10(13(14,15)16)20-21(9)4-3-17-11/h3-6,8H,1-2H3,(H,17,19). The van der Waals surface area contributed by atoms with Crippen molar-refractivity contribution in [3.63, 3.8) is 0 Å². The van der Waals surface area contributed by atoms with Crippen LogP contribution in [0.15, 0.2) is 23.8 Å². The molecule has 3 aromatic heterocycles. The molecule has 9 heteroatoms. The van der Waals surface area contributed by atoms with Gasteiger partial charge in [-0.3, -0.25) is 0 Å². The molecule has 0 spiro atoms. The molecule has 5 nitrogen and oxygen atoms in total. The first-order valence-electron chi connectivity index (χ1n) is 6.45. The van der Waals surface area contributed by atoms with Crippen LogP contribution < -0.4 is 5.32 Å². The van der Waals surface area contributed by atoms with Crippen LogP contribution in [0.2, 0.25) is 0 Å². The number of anilines is 1. The lowest BCUT2D eigenvalue weighted by Crippen LogP contribution is -2.09. The topological polar surface area (TPSA) is 55.1 Å². The molecule has 3 aromatic rings. The van der Waals surface area contributed by atoms with E-state index in [-0.39, 0.29) is 11.6 Å². The number of aromatic nitrogens is 4. The van der Waals surface area contributed by atoms with E-state index >= 15 is 0 Å². The largest absolute Gasteiger partial charge is 0.435 e. The molecule has 3 rings (SSSR count). The van der Waals surface area contributed by atoms with Crippen LogP contribution in [0, 0.1) is 6.92 Å². The van der Waals surface area contributed by atoms with E-state index in [2.05, 4.69) is 20.4 Å². The molecule has 0 aromatic carbocycles. The number of aryl methyl sites for hydroxylation is 1. The maximum atomic E-state index is 12.8. The van der Waals surface area contributed by atoms with Crippen molar-refractivity contribution in [2.75, 3.05) is 5.32 Å². The summed E-state index contributed by atoms with van der Waals surface area (Å²) in [6, 6.07) is 0.816. The van der Waals surface area contributed by atoms with Crippen LogP contribution in [0.4, 0.5) is 19.0 Å². The Hall–Kier alpha value is -2.16. The minimum Gasteiger partial charge on any atom is -0.359 e. The summed E-state index contributed by atoms with van der Waals surface area (Å²) in [5.41, 5.74) is 0.236. The fraction of sp³-hybridized carbons (Fsp3) is 0.308. The maximum absolute atomic E-state index is 12.8. The number of hydrogen-bond donors (Lipinski definition) is 1. The van der Waals surface area contributed by atoms with E-state index in [1.807, 2.05) is 19.2 Å². The van der Waals surface area contributed by atoms with Gasteiger partial charge >= 0.3 is 6.18 Å². The first kappa shape index (κ1) is 14.8. The van der Waals surface area contributed by atoms with Crippen LogP contribution in [0.5, 0.6) is 0 Å². The minimum absolute atomic E-state index is 0.165. The second-order valence-electron chi connectivity index (χ2n) is 4.83. The lowest BCUT2D eigenvalue weighted by molar-refractivity contribution is -0.141. The van der Waals surface area contributed by atoms with Crippen LogP contribution in [-0.4, -0.2) is 19.6 Å². The third-order valence-electron chi connectivity index (χ3n) is 3.04. The highest BCUT2D eigenvalue weighted by atomic mass is 32.1. The number of halogens is 3. The molecular weight excluding hydrogens is 315 g/mol. The van der Waals surface area contributed by atoms with Gasteiger partial charge in [0.05, 0.1) is 6.04 Å². The molecule has 1 unspecified atom stereocenters. The van der Waals surface area contributed by atoms with Crippen molar-refractivity contribution >= 4 is 22.7 Å².